The van der Waals surface area contributed by atoms with Crippen molar-refractivity contribution in [1.29, 1.82) is 0 Å². The van der Waals surface area contributed by atoms with Gasteiger partial charge in [0.15, 0.2) is 5.96 Å². The van der Waals surface area contributed by atoms with Crippen molar-refractivity contribution in [2.45, 2.75) is 39.0 Å². The average Bonchev–Trinajstić information content (AvgIpc) is 3.32. The van der Waals surface area contributed by atoms with Gasteiger partial charge in [0, 0.05) is 30.6 Å². The van der Waals surface area contributed by atoms with Crippen LogP contribution in [0.2, 0.25) is 0 Å². The smallest absolute Gasteiger partial charge is 0.410 e. The molecule has 2 aliphatic heterocycles. The molecule has 8 heteroatoms. The number of rotatable bonds is 3. The molecule has 0 radical (unpaired) electrons. The lowest BCUT2D eigenvalue weighted by Gasteiger charge is -2.39. The minimum atomic E-state index is -0.473. The summed E-state index contributed by atoms with van der Waals surface area (Å²) in [7, 11) is 0. The first-order valence-electron chi connectivity index (χ1n) is 9.92. The van der Waals surface area contributed by atoms with Crippen molar-refractivity contribution in [2.75, 3.05) is 26.2 Å². The highest BCUT2D eigenvalue weighted by Gasteiger charge is 2.36. The summed E-state index contributed by atoms with van der Waals surface area (Å²) in [5.41, 5.74) is 1.66. The molecule has 1 aromatic carbocycles. The lowest BCUT2D eigenvalue weighted by Crippen LogP contribution is -2.57. The molecule has 2 aromatic rings. The molecule has 0 saturated carbocycles. The van der Waals surface area contributed by atoms with E-state index in [1.54, 1.807) is 16.2 Å². The maximum Gasteiger partial charge on any atom is 0.410 e. The lowest BCUT2D eigenvalue weighted by atomic mass is 10.2. The third-order valence-electron chi connectivity index (χ3n) is 4.88. The molecule has 1 fully saturated rings. The number of ether oxygens (including phenoxy) is 1. The second kappa shape index (κ2) is 8.02. The molecule has 1 aromatic heterocycles. The van der Waals surface area contributed by atoms with Crippen LogP contribution in [-0.4, -0.2) is 64.7 Å². The van der Waals surface area contributed by atoms with Gasteiger partial charge in [-0.3, -0.25) is 4.99 Å². The highest BCUT2D eigenvalue weighted by Crippen LogP contribution is 2.22. The maximum absolute atomic E-state index is 12.3. The molecule has 3 heterocycles. The molecule has 154 valence electrons. The Kier molecular flexibility index (Phi) is 5.45. The largest absolute Gasteiger partial charge is 0.444 e. The summed E-state index contributed by atoms with van der Waals surface area (Å²) in [5, 5.41) is 6.55. The Balaban J connectivity index is 1.30. The molecule has 29 heavy (non-hydrogen) atoms. The van der Waals surface area contributed by atoms with Crippen molar-refractivity contribution in [2.24, 2.45) is 4.99 Å². The zero-order chi connectivity index (χ0) is 20.4. The van der Waals surface area contributed by atoms with Gasteiger partial charge in [0.05, 0.1) is 24.8 Å². The Labute approximate surface area is 175 Å². The predicted molar refractivity (Wildman–Crippen MR) is 115 cm³/mol. The number of benzene rings is 1. The second-order valence-corrected chi connectivity index (χ2v) is 9.23. The number of hydrogen-bond acceptors (Lipinski definition) is 7. The van der Waals surface area contributed by atoms with Crippen LogP contribution in [0, 0.1) is 0 Å². The molecule has 0 aliphatic carbocycles. The molecular formula is C21H27N5O2S. The van der Waals surface area contributed by atoms with Gasteiger partial charge in [-0.1, -0.05) is 30.3 Å². The number of piperazine rings is 1. The minimum absolute atomic E-state index is 0.204. The second-order valence-electron chi connectivity index (χ2n) is 8.28. The number of fused-ring (bicyclic) bond motifs is 1. The molecule has 7 nitrogen and oxygen atoms in total. The summed E-state index contributed by atoms with van der Waals surface area (Å²) in [6.45, 7) is 9.05. The van der Waals surface area contributed by atoms with E-state index < -0.39 is 5.60 Å². The summed E-state index contributed by atoms with van der Waals surface area (Å²) in [5.74, 6) is 0.898. The van der Waals surface area contributed by atoms with Crippen LogP contribution in [0.25, 0.3) is 11.3 Å². The number of aromatic nitrogens is 1. The molecule has 1 atom stereocenters. The monoisotopic (exact) mass is 413 g/mol. The minimum Gasteiger partial charge on any atom is -0.444 e. The summed E-state index contributed by atoms with van der Waals surface area (Å²) < 4.78 is 5.51. The maximum atomic E-state index is 12.3. The van der Waals surface area contributed by atoms with Gasteiger partial charge in [-0.2, -0.15) is 0 Å². The number of amides is 1. The van der Waals surface area contributed by atoms with E-state index in [2.05, 4.69) is 32.7 Å². The quantitative estimate of drug-likeness (QED) is 0.837. The molecule has 2 aliphatic rings. The van der Waals surface area contributed by atoms with Gasteiger partial charge in [0.25, 0.3) is 0 Å². The van der Waals surface area contributed by atoms with E-state index in [1.165, 1.54) is 0 Å². The number of aliphatic imine (C=N–C) groups is 1. The topological polar surface area (TPSA) is 70.1 Å². The van der Waals surface area contributed by atoms with Crippen LogP contribution in [0.5, 0.6) is 0 Å². The van der Waals surface area contributed by atoms with Crippen molar-refractivity contribution >= 4 is 23.4 Å². The van der Waals surface area contributed by atoms with Gasteiger partial charge >= 0.3 is 6.09 Å². The number of carbonyl (C=O) groups is 1. The van der Waals surface area contributed by atoms with Gasteiger partial charge < -0.3 is 19.9 Å². The predicted octanol–water partition coefficient (Wildman–Crippen LogP) is 3.19. The van der Waals surface area contributed by atoms with Crippen LogP contribution >= 0.6 is 11.3 Å². The molecule has 0 bridgehead atoms. The SMILES string of the molecule is CC(C)(C)OC(=O)N1CCN2C(NCc3nc(-c4ccccc4)cs3)=NCC2C1. The molecule has 1 unspecified atom stereocenters. The fourth-order valence-corrected chi connectivity index (χ4v) is 4.25. The van der Waals surface area contributed by atoms with Gasteiger partial charge in [0.2, 0.25) is 0 Å². The van der Waals surface area contributed by atoms with E-state index in [0.29, 0.717) is 26.2 Å². The Morgan fingerprint density at radius 1 is 1.28 bits per heavy atom. The molecule has 1 N–H and O–H groups in total. The third kappa shape index (κ3) is 4.70. The molecular weight excluding hydrogens is 386 g/mol. The normalized spacial score (nSPS) is 19.0. The van der Waals surface area contributed by atoms with E-state index in [-0.39, 0.29) is 12.1 Å². The third-order valence-corrected chi connectivity index (χ3v) is 5.73. The number of carbonyl (C=O) groups excluding carboxylic acids is 1. The Bertz CT molecular complexity index is 890. The fourth-order valence-electron chi connectivity index (χ4n) is 3.51. The molecule has 1 amide bonds. The summed E-state index contributed by atoms with van der Waals surface area (Å²) in [6, 6.07) is 10.4. The van der Waals surface area contributed by atoms with Crippen molar-refractivity contribution in [3.8, 4) is 11.3 Å². The molecule has 0 spiro atoms. The average molecular weight is 414 g/mol. The van der Waals surface area contributed by atoms with Crippen molar-refractivity contribution in [3.63, 3.8) is 0 Å². The number of nitrogens with one attached hydrogen (secondary N) is 1. The van der Waals surface area contributed by atoms with Gasteiger partial charge in [-0.15, -0.1) is 11.3 Å². The van der Waals surface area contributed by atoms with E-state index in [9.17, 15) is 4.79 Å². The first kappa shape index (κ1) is 19.7. The highest BCUT2D eigenvalue weighted by atomic mass is 32.1. The van der Waals surface area contributed by atoms with Crippen LogP contribution in [0.3, 0.4) is 0 Å². The molecule has 1 saturated heterocycles. The number of thiazole rings is 1. The van der Waals surface area contributed by atoms with Gasteiger partial charge in [-0.05, 0) is 20.8 Å². The van der Waals surface area contributed by atoms with Gasteiger partial charge in [-0.25, -0.2) is 9.78 Å². The standard InChI is InChI=1S/C21H27N5O2S/c1-21(2,3)28-20(27)25-9-10-26-16(13-25)11-22-19(26)23-12-18-24-17(14-29-18)15-7-5-4-6-8-15/h4-8,14,16H,9-13H2,1-3H3,(H,22,23). The van der Waals surface area contributed by atoms with Crippen LogP contribution in [0.4, 0.5) is 4.79 Å². The number of nitrogens with zero attached hydrogens (tertiary/aromatic N) is 4. The van der Waals surface area contributed by atoms with Crippen molar-refractivity contribution in [3.05, 3.63) is 40.7 Å². The van der Waals surface area contributed by atoms with Crippen LogP contribution in [0.1, 0.15) is 25.8 Å². The number of guanidine groups is 1. The Morgan fingerprint density at radius 3 is 2.83 bits per heavy atom. The molecule has 4 rings (SSSR count). The zero-order valence-corrected chi connectivity index (χ0v) is 17.9. The van der Waals surface area contributed by atoms with Crippen LogP contribution < -0.4 is 5.32 Å². The first-order valence-corrected chi connectivity index (χ1v) is 10.8. The van der Waals surface area contributed by atoms with Crippen LogP contribution in [0.15, 0.2) is 40.7 Å². The Hall–Kier alpha value is -2.61. The first-order chi connectivity index (χ1) is 13.9. The highest BCUT2D eigenvalue weighted by molar-refractivity contribution is 7.09. The van der Waals surface area contributed by atoms with Crippen molar-refractivity contribution < 1.29 is 9.53 Å². The Morgan fingerprint density at radius 2 is 2.07 bits per heavy atom. The zero-order valence-electron chi connectivity index (χ0n) is 17.1. The van der Waals surface area contributed by atoms with E-state index in [0.717, 1.165) is 28.8 Å². The summed E-state index contributed by atoms with van der Waals surface area (Å²) in [4.78, 5) is 25.8. The van der Waals surface area contributed by atoms with E-state index in [1.807, 2.05) is 39.0 Å². The summed E-state index contributed by atoms with van der Waals surface area (Å²) in [6.07, 6.45) is -0.241. The van der Waals surface area contributed by atoms with Gasteiger partial charge in [0.1, 0.15) is 10.6 Å². The fraction of sp³-hybridized carbons (Fsp3) is 0.476. The van der Waals surface area contributed by atoms with Crippen LogP contribution in [-0.2, 0) is 11.3 Å². The van der Waals surface area contributed by atoms with Crippen molar-refractivity contribution in [1.82, 2.24) is 20.1 Å². The van der Waals surface area contributed by atoms with E-state index in [4.69, 9.17) is 9.72 Å². The number of hydrogen-bond donors (Lipinski definition) is 1. The van der Waals surface area contributed by atoms with E-state index >= 15 is 0 Å². The lowest BCUT2D eigenvalue weighted by molar-refractivity contribution is 0.0137. The summed E-state index contributed by atoms with van der Waals surface area (Å²) >= 11 is 1.65.